The van der Waals surface area contributed by atoms with E-state index in [0.717, 1.165) is 25.7 Å². The molecule has 0 spiro atoms. The number of carbonyl (C=O) groups is 2. The van der Waals surface area contributed by atoms with E-state index in [0.29, 0.717) is 6.54 Å². The summed E-state index contributed by atoms with van der Waals surface area (Å²) >= 11 is 0. The number of benzene rings is 1. The fraction of sp³-hybridized carbons (Fsp3) is 0.500. The molecular weight excluding hydrogens is 285 g/mol. The molecule has 0 atom stereocenters. The van der Waals surface area contributed by atoms with Crippen LogP contribution in [-0.2, 0) is 4.79 Å². The highest BCUT2D eigenvalue weighted by atomic mass is 19.1. The van der Waals surface area contributed by atoms with Gasteiger partial charge in [-0.25, -0.2) is 4.39 Å². The van der Waals surface area contributed by atoms with Crippen molar-refractivity contribution in [1.82, 2.24) is 15.5 Å². The smallest absolute Gasteiger partial charge is 0.251 e. The van der Waals surface area contributed by atoms with Crippen molar-refractivity contribution in [3.63, 3.8) is 0 Å². The Morgan fingerprint density at radius 1 is 1.14 bits per heavy atom. The van der Waals surface area contributed by atoms with E-state index >= 15 is 0 Å². The Labute approximate surface area is 129 Å². The predicted octanol–water partition coefficient (Wildman–Crippen LogP) is 1.16. The number of hydrogen-bond acceptors (Lipinski definition) is 3. The summed E-state index contributed by atoms with van der Waals surface area (Å²) in [6.45, 7) is 3.49. The van der Waals surface area contributed by atoms with Gasteiger partial charge in [-0.05, 0) is 44.1 Å². The molecule has 22 heavy (non-hydrogen) atoms. The Hall–Kier alpha value is -1.95. The van der Waals surface area contributed by atoms with Gasteiger partial charge in [0.2, 0.25) is 5.91 Å². The van der Waals surface area contributed by atoms with Crippen molar-refractivity contribution < 1.29 is 14.0 Å². The zero-order chi connectivity index (χ0) is 15.8. The van der Waals surface area contributed by atoms with Crippen LogP contribution < -0.4 is 10.6 Å². The van der Waals surface area contributed by atoms with Crippen molar-refractivity contribution in [3.05, 3.63) is 35.6 Å². The molecule has 0 radical (unpaired) electrons. The minimum atomic E-state index is -0.473. The summed E-state index contributed by atoms with van der Waals surface area (Å²) in [6.07, 6.45) is 3.73. The first-order valence-corrected chi connectivity index (χ1v) is 7.68. The van der Waals surface area contributed by atoms with Gasteiger partial charge in [0.15, 0.2) is 0 Å². The van der Waals surface area contributed by atoms with Crippen LogP contribution in [0.4, 0.5) is 4.39 Å². The topological polar surface area (TPSA) is 61.4 Å². The summed E-state index contributed by atoms with van der Waals surface area (Å²) in [6, 6.07) is 5.38. The van der Waals surface area contributed by atoms with Crippen LogP contribution in [0.25, 0.3) is 0 Å². The Morgan fingerprint density at radius 3 is 2.64 bits per heavy atom. The highest BCUT2D eigenvalue weighted by molar-refractivity contribution is 5.96. The average molecular weight is 307 g/mol. The minimum Gasteiger partial charge on any atom is -0.353 e. The normalized spacial score (nSPS) is 15.3. The highest BCUT2D eigenvalue weighted by Gasteiger charge is 2.11. The molecule has 2 rings (SSSR count). The van der Waals surface area contributed by atoms with Gasteiger partial charge in [0, 0.05) is 18.7 Å². The molecule has 0 unspecified atom stereocenters. The molecule has 0 aromatic heterocycles. The lowest BCUT2D eigenvalue weighted by atomic mass is 10.1. The van der Waals surface area contributed by atoms with Gasteiger partial charge in [0.1, 0.15) is 5.82 Å². The number of halogens is 1. The van der Waals surface area contributed by atoms with E-state index in [1.165, 1.54) is 37.5 Å². The van der Waals surface area contributed by atoms with E-state index in [4.69, 9.17) is 0 Å². The van der Waals surface area contributed by atoms with Gasteiger partial charge < -0.3 is 15.5 Å². The van der Waals surface area contributed by atoms with Crippen LogP contribution in [0.2, 0.25) is 0 Å². The van der Waals surface area contributed by atoms with Gasteiger partial charge in [-0.3, -0.25) is 9.59 Å². The molecule has 5 nitrogen and oxygen atoms in total. The van der Waals surface area contributed by atoms with E-state index in [1.54, 1.807) is 0 Å². The summed E-state index contributed by atoms with van der Waals surface area (Å²) in [4.78, 5) is 25.8. The molecule has 0 bridgehead atoms. The van der Waals surface area contributed by atoms with Crippen LogP contribution in [0.5, 0.6) is 0 Å². The largest absolute Gasteiger partial charge is 0.353 e. The Kier molecular flexibility index (Phi) is 6.33. The number of piperidine rings is 1. The van der Waals surface area contributed by atoms with Gasteiger partial charge in [-0.1, -0.05) is 12.5 Å². The molecule has 0 aliphatic carbocycles. The zero-order valence-corrected chi connectivity index (χ0v) is 12.6. The summed E-state index contributed by atoms with van der Waals surface area (Å²) in [7, 11) is 0. The van der Waals surface area contributed by atoms with E-state index in [9.17, 15) is 14.0 Å². The van der Waals surface area contributed by atoms with Gasteiger partial charge in [-0.2, -0.15) is 0 Å². The molecule has 1 aromatic rings. The quantitative estimate of drug-likeness (QED) is 0.829. The van der Waals surface area contributed by atoms with Crippen LogP contribution >= 0.6 is 0 Å². The predicted molar refractivity (Wildman–Crippen MR) is 82.0 cm³/mol. The Balaban J connectivity index is 1.63. The molecule has 1 saturated heterocycles. The first kappa shape index (κ1) is 16.4. The van der Waals surface area contributed by atoms with E-state index in [2.05, 4.69) is 15.5 Å². The summed E-state index contributed by atoms with van der Waals surface area (Å²) in [5.41, 5.74) is 0.209. The van der Waals surface area contributed by atoms with Crippen LogP contribution in [0, 0.1) is 5.82 Å². The number of rotatable bonds is 6. The Bertz CT molecular complexity index is 516. The van der Waals surface area contributed by atoms with E-state index in [1.807, 2.05) is 0 Å². The van der Waals surface area contributed by atoms with Crippen molar-refractivity contribution >= 4 is 11.8 Å². The van der Waals surface area contributed by atoms with E-state index in [-0.39, 0.29) is 18.0 Å². The maximum atomic E-state index is 13.0. The van der Waals surface area contributed by atoms with Crippen LogP contribution in [0.15, 0.2) is 24.3 Å². The molecule has 6 heteroatoms. The van der Waals surface area contributed by atoms with Crippen LogP contribution in [0.3, 0.4) is 0 Å². The molecule has 1 aliphatic rings. The Morgan fingerprint density at radius 2 is 1.91 bits per heavy atom. The standard InChI is InChI=1S/C16H22FN3O2/c17-14-6-4-5-13(11-14)16(22)19-12-15(21)18-7-10-20-8-2-1-3-9-20/h4-6,11H,1-3,7-10,12H2,(H,18,21)(H,19,22). The first-order valence-electron chi connectivity index (χ1n) is 7.68. The zero-order valence-electron chi connectivity index (χ0n) is 12.6. The van der Waals surface area contributed by atoms with Crippen molar-refractivity contribution in [2.24, 2.45) is 0 Å². The average Bonchev–Trinajstić information content (AvgIpc) is 2.53. The molecule has 1 fully saturated rings. The number of likely N-dealkylation sites (tertiary alicyclic amines) is 1. The third-order valence-electron chi connectivity index (χ3n) is 3.70. The number of hydrogen-bond donors (Lipinski definition) is 2. The lowest BCUT2D eigenvalue weighted by Crippen LogP contribution is -2.41. The van der Waals surface area contributed by atoms with Gasteiger partial charge in [-0.15, -0.1) is 0 Å². The molecule has 2 amide bonds. The maximum absolute atomic E-state index is 13.0. The SMILES string of the molecule is O=C(CNC(=O)c1cccc(F)c1)NCCN1CCCCC1. The third-order valence-corrected chi connectivity index (χ3v) is 3.70. The lowest BCUT2D eigenvalue weighted by molar-refractivity contribution is -0.120. The number of nitrogens with zero attached hydrogens (tertiary/aromatic N) is 1. The van der Waals surface area contributed by atoms with Crippen molar-refractivity contribution in [3.8, 4) is 0 Å². The molecule has 1 aliphatic heterocycles. The molecule has 2 N–H and O–H groups in total. The summed E-state index contributed by atoms with van der Waals surface area (Å²) < 4.78 is 13.0. The fourth-order valence-corrected chi connectivity index (χ4v) is 2.49. The monoisotopic (exact) mass is 307 g/mol. The summed E-state index contributed by atoms with van der Waals surface area (Å²) in [5.74, 6) is -1.16. The second-order valence-corrected chi connectivity index (χ2v) is 5.45. The molecule has 1 heterocycles. The molecule has 1 aromatic carbocycles. The second-order valence-electron chi connectivity index (χ2n) is 5.45. The molecule has 0 saturated carbocycles. The van der Waals surface area contributed by atoms with Crippen LogP contribution in [0.1, 0.15) is 29.6 Å². The first-order chi connectivity index (χ1) is 10.6. The van der Waals surface area contributed by atoms with Gasteiger partial charge >= 0.3 is 0 Å². The van der Waals surface area contributed by atoms with Gasteiger partial charge in [0.05, 0.1) is 6.54 Å². The maximum Gasteiger partial charge on any atom is 0.251 e. The highest BCUT2D eigenvalue weighted by Crippen LogP contribution is 2.07. The van der Waals surface area contributed by atoms with E-state index < -0.39 is 11.7 Å². The number of amides is 2. The summed E-state index contributed by atoms with van der Waals surface area (Å²) in [5, 5.41) is 5.26. The van der Waals surface area contributed by atoms with Crippen molar-refractivity contribution in [2.45, 2.75) is 19.3 Å². The van der Waals surface area contributed by atoms with Crippen LogP contribution in [-0.4, -0.2) is 49.4 Å². The minimum absolute atomic E-state index is 0.102. The number of carbonyl (C=O) groups excluding carboxylic acids is 2. The lowest BCUT2D eigenvalue weighted by Gasteiger charge is -2.26. The third kappa shape index (κ3) is 5.44. The number of nitrogens with one attached hydrogen (secondary N) is 2. The molecule has 120 valence electrons. The molecular formula is C16H22FN3O2. The van der Waals surface area contributed by atoms with Crippen molar-refractivity contribution in [2.75, 3.05) is 32.7 Å². The van der Waals surface area contributed by atoms with Crippen molar-refractivity contribution in [1.29, 1.82) is 0 Å². The fourth-order valence-electron chi connectivity index (χ4n) is 2.49. The van der Waals surface area contributed by atoms with Gasteiger partial charge in [0.25, 0.3) is 5.91 Å². The second kappa shape index (κ2) is 8.48.